The van der Waals surface area contributed by atoms with Gasteiger partial charge in [0.1, 0.15) is 0 Å². The molecule has 21 heavy (non-hydrogen) atoms. The van der Waals surface area contributed by atoms with Crippen LogP contribution in [0.3, 0.4) is 0 Å². The number of benzene rings is 1. The van der Waals surface area contributed by atoms with E-state index < -0.39 is 9.84 Å². The first-order valence-electron chi connectivity index (χ1n) is 6.46. The lowest BCUT2D eigenvalue weighted by Crippen LogP contribution is -2.15. The molecule has 0 aliphatic carbocycles. The third kappa shape index (κ3) is 2.80. The largest absolute Gasteiger partial charge is 0.325 e. The Morgan fingerprint density at radius 1 is 1.29 bits per heavy atom. The summed E-state index contributed by atoms with van der Waals surface area (Å²) in [7, 11) is -3.25. The number of aromatic amines is 1. The molecule has 1 N–H and O–H groups in total. The minimum atomic E-state index is -3.25. The number of pyridine rings is 1. The number of hydrogen-bond acceptors (Lipinski definition) is 4. The number of nitrogens with one attached hydrogen (secondary N) is 1. The molecule has 1 aliphatic heterocycles. The zero-order chi connectivity index (χ0) is 15.0. The minimum Gasteiger partial charge on any atom is -0.325 e. The average Bonchev–Trinajstić information content (AvgIpc) is 2.55. The van der Waals surface area contributed by atoms with Crippen molar-refractivity contribution < 1.29 is 8.42 Å². The van der Waals surface area contributed by atoms with Gasteiger partial charge in [0.25, 0.3) is 0 Å². The lowest BCUT2D eigenvalue weighted by molar-refractivity contribution is 0.600. The molecule has 0 unspecified atom stereocenters. The Morgan fingerprint density at radius 3 is 2.81 bits per heavy atom. The molecule has 2 aromatic rings. The van der Waals surface area contributed by atoms with Gasteiger partial charge >= 0.3 is 0 Å². The van der Waals surface area contributed by atoms with E-state index in [-0.39, 0.29) is 11.3 Å². The van der Waals surface area contributed by atoms with Crippen molar-refractivity contribution in [2.24, 2.45) is 4.99 Å². The number of rotatable bonds is 2. The lowest BCUT2D eigenvalue weighted by Gasteiger charge is -2.13. The summed E-state index contributed by atoms with van der Waals surface area (Å²) < 4.78 is 23.3. The van der Waals surface area contributed by atoms with E-state index in [1.54, 1.807) is 6.21 Å². The van der Waals surface area contributed by atoms with E-state index in [1.165, 1.54) is 6.07 Å². The fraction of sp³-hybridized carbons (Fsp3) is 0.200. The van der Waals surface area contributed by atoms with Gasteiger partial charge < -0.3 is 4.98 Å². The fourth-order valence-corrected chi connectivity index (χ4v) is 3.32. The third-order valence-corrected chi connectivity index (χ3v) is 4.14. The van der Waals surface area contributed by atoms with Gasteiger partial charge in [-0.3, -0.25) is 9.79 Å². The number of hydrogen-bond donors (Lipinski definition) is 1. The molecule has 1 aliphatic rings. The van der Waals surface area contributed by atoms with Gasteiger partial charge in [0.2, 0.25) is 5.56 Å². The van der Waals surface area contributed by atoms with E-state index in [0.717, 1.165) is 28.5 Å². The standard InChI is InChI=1S/C15H14N2O3S/c1-21(19,20)9-13-15-11(6-14(18)17-13)8-16-7-10-4-2-3-5-12(10)15/h2-7H,8-9H2,1H3,(H,17,18). The van der Waals surface area contributed by atoms with Gasteiger partial charge in [0.15, 0.2) is 9.84 Å². The van der Waals surface area contributed by atoms with Crippen LogP contribution in [0.1, 0.15) is 16.8 Å². The Hall–Kier alpha value is -2.21. The highest BCUT2D eigenvalue weighted by Gasteiger charge is 2.19. The van der Waals surface area contributed by atoms with Crippen molar-refractivity contribution in [2.45, 2.75) is 12.3 Å². The normalized spacial score (nSPS) is 13.4. The summed E-state index contributed by atoms with van der Waals surface area (Å²) in [6.45, 7) is 0.366. The van der Waals surface area contributed by atoms with Gasteiger partial charge in [-0.05, 0) is 11.1 Å². The molecular formula is C15H14N2O3S. The summed E-state index contributed by atoms with van der Waals surface area (Å²) in [5.74, 6) is -0.195. The Labute approximate surface area is 122 Å². The molecule has 6 heteroatoms. The predicted octanol–water partition coefficient (Wildman–Crippen LogP) is 1.52. The zero-order valence-corrected chi connectivity index (χ0v) is 12.3. The third-order valence-electron chi connectivity index (χ3n) is 3.33. The van der Waals surface area contributed by atoms with Crippen LogP contribution in [0, 0.1) is 0 Å². The SMILES string of the molecule is CS(=O)(=O)Cc1[nH]c(=O)cc2c1-c1ccccc1C=NC2. The summed E-state index contributed by atoms with van der Waals surface area (Å²) in [6.07, 6.45) is 2.91. The number of sulfone groups is 1. The molecule has 0 fully saturated rings. The highest BCUT2D eigenvalue weighted by Crippen LogP contribution is 2.31. The molecule has 0 radical (unpaired) electrons. The number of aromatic nitrogens is 1. The Bertz CT molecular complexity index is 895. The summed E-state index contributed by atoms with van der Waals surface area (Å²) in [5.41, 5.74) is 3.45. The van der Waals surface area contributed by atoms with Crippen molar-refractivity contribution in [1.82, 2.24) is 4.98 Å². The van der Waals surface area contributed by atoms with E-state index in [1.807, 2.05) is 24.3 Å². The first kappa shape index (κ1) is 13.8. The second-order valence-corrected chi connectivity index (χ2v) is 7.28. The second-order valence-electron chi connectivity index (χ2n) is 5.14. The molecule has 5 nitrogen and oxygen atoms in total. The van der Waals surface area contributed by atoms with Gasteiger partial charge in [0.05, 0.1) is 12.3 Å². The summed E-state index contributed by atoms with van der Waals surface area (Å²) >= 11 is 0. The van der Waals surface area contributed by atoms with E-state index in [4.69, 9.17) is 0 Å². The van der Waals surface area contributed by atoms with Crippen molar-refractivity contribution in [1.29, 1.82) is 0 Å². The van der Waals surface area contributed by atoms with Crippen LogP contribution in [-0.4, -0.2) is 25.9 Å². The van der Waals surface area contributed by atoms with Crippen LogP contribution in [0.4, 0.5) is 0 Å². The van der Waals surface area contributed by atoms with Crippen molar-refractivity contribution in [3.8, 4) is 11.1 Å². The first-order valence-corrected chi connectivity index (χ1v) is 8.52. The van der Waals surface area contributed by atoms with Crippen molar-refractivity contribution >= 4 is 16.1 Å². The molecular weight excluding hydrogens is 288 g/mol. The molecule has 1 aromatic heterocycles. The number of fused-ring (bicyclic) bond motifs is 3. The minimum absolute atomic E-state index is 0.195. The van der Waals surface area contributed by atoms with Gasteiger partial charge in [0, 0.05) is 35.4 Å². The molecule has 0 atom stereocenters. The van der Waals surface area contributed by atoms with E-state index in [2.05, 4.69) is 9.98 Å². The summed E-state index contributed by atoms with van der Waals surface area (Å²) in [5, 5.41) is 0. The smallest absolute Gasteiger partial charge is 0.248 e. The number of H-pyrrole nitrogens is 1. The molecule has 0 saturated carbocycles. The van der Waals surface area contributed by atoms with Gasteiger partial charge in [-0.15, -0.1) is 0 Å². The van der Waals surface area contributed by atoms with Gasteiger partial charge in [-0.1, -0.05) is 24.3 Å². The van der Waals surface area contributed by atoms with Crippen LogP contribution < -0.4 is 5.56 Å². The lowest BCUT2D eigenvalue weighted by atomic mass is 9.96. The van der Waals surface area contributed by atoms with Crippen molar-refractivity contribution in [3.05, 3.63) is 57.5 Å². The van der Waals surface area contributed by atoms with Crippen LogP contribution in [0.2, 0.25) is 0 Å². The van der Waals surface area contributed by atoms with Gasteiger partial charge in [-0.2, -0.15) is 0 Å². The number of nitrogens with zero attached hydrogens (tertiary/aromatic N) is 1. The van der Waals surface area contributed by atoms with E-state index in [0.29, 0.717) is 12.2 Å². The summed E-state index contributed by atoms with van der Waals surface area (Å²) in [4.78, 5) is 18.7. The maximum atomic E-state index is 11.8. The topological polar surface area (TPSA) is 79.4 Å². The molecule has 0 saturated heterocycles. The molecule has 2 heterocycles. The maximum Gasteiger partial charge on any atom is 0.248 e. The van der Waals surface area contributed by atoms with Crippen LogP contribution in [0.25, 0.3) is 11.1 Å². The Balaban J connectivity index is 2.33. The van der Waals surface area contributed by atoms with E-state index >= 15 is 0 Å². The second kappa shape index (κ2) is 4.96. The molecule has 108 valence electrons. The van der Waals surface area contributed by atoms with Crippen molar-refractivity contribution in [3.63, 3.8) is 0 Å². The quantitative estimate of drug-likeness (QED) is 0.913. The van der Waals surface area contributed by atoms with Crippen LogP contribution in [0.15, 0.2) is 40.1 Å². The molecule has 0 bridgehead atoms. The Morgan fingerprint density at radius 2 is 2.05 bits per heavy atom. The zero-order valence-electron chi connectivity index (χ0n) is 11.5. The number of aliphatic imine (C=N–C) groups is 1. The first-order chi connectivity index (χ1) is 9.94. The van der Waals surface area contributed by atoms with Crippen LogP contribution >= 0.6 is 0 Å². The highest BCUT2D eigenvalue weighted by atomic mass is 32.2. The molecule has 3 rings (SSSR count). The van der Waals surface area contributed by atoms with Crippen LogP contribution in [-0.2, 0) is 22.1 Å². The monoisotopic (exact) mass is 302 g/mol. The van der Waals surface area contributed by atoms with E-state index in [9.17, 15) is 13.2 Å². The summed E-state index contributed by atoms with van der Waals surface area (Å²) in [6, 6.07) is 9.11. The van der Waals surface area contributed by atoms with Crippen molar-refractivity contribution in [2.75, 3.05) is 6.26 Å². The molecule has 1 aromatic carbocycles. The fourth-order valence-electron chi connectivity index (χ4n) is 2.58. The average molecular weight is 302 g/mol. The Kier molecular flexibility index (Phi) is 3.25. The highest BCUT2D eigenvalue weighted by molar-refractivity contribution is 7.89. The maximum absolute atomic E-state index is 11.8. The molecule has 0 spiro atoms. The van der Waals surface area contributed by atoms with Gasteiger partial charge in [-0.25, -0.2) is 8.42 Å². The van der Waals surface area contributed by atoms with Crippen LogP contribution in [0.5, 0.6) is 0 Å². The molecule has 0 amide bonds. The predicted molar refractivity (Wildman–Crippen MR) is 82.3 cm³/mol.